The third-order valence-electron chi connectivity index (χ3n) is 5.62. The van der Waals surface area contributed by atoms with Gasteiger partial charge in [0.2, 0.25) is 5.91 Å². The van der Waals surface area contributed by atoms with Crippen molar-refractivity contribution < 1.29 is 14.3 Å². The van der Waals surface area contributed by atoms with Gasteiger partial charge in [-0.2, -0.15) is 5.10 Å². The summed E-state index contributed by atoms with van der Waals surface area (Å²) < 4.78 is 12.9. The molecule has 0 atom stereocenters. The number of amides is 1. The van der Waals surface area contributed by atoms with Crippen LogP contribution >= 0.6 is 0 Å². The molecule has 3 heterocycles. The van der Waals surface area contributed by atoms with Crippen LogP contribution in [-0.2, 0) is 9.53 Å². The van der Waals surface area contributed by atoms with E-state index in [1.807, 2.05) is 48.1 Å². The molecule has 8 nitrogen and oxygen atoms in total. The normalized spacial score (nSPS) is 13.7. The topological polar surface area (TPSA) is 91.2 Å². The molecule has 1 fully saturated rings. The summed E-state index contributed by atoms with van der Waals surface area (Å²) >= 11 is 0. The Balaban J connectivity index is 1.72. The summed E-state index contributed by atoms with van der Waals surface area (Å²) in [5.41, 5.74) is 4.98. The summed E-state index contributed by atoms with van der Waals surface area (Å²) in [6.07, 6.45) is 3.75. The number of hydrogen-bond acceptors (Lipinski definition) is 6. The largest absolute Gasteiger partial charge is 0.494 e. The van der Waals surface area contributed by atoms with Crippen LogP contribution in [0.25, 0.3) is 33.4 Å². The van der Waals surface area contributed by atoms with Crippen LogP contribution in [0.5, 0.6) is 5.75 Å². The van der Waals surface area contributed by atoms with Gasteiger partial charge in [0.05, 0.1) is 55.2 Å². The molecule has 0 spiro atoms. The van der Waals surface area contributed by atoms with Gasteiger partial charge in [0.25, 0.3) is 0 Å². The van der Waals surface area contributed by atoms with Crippen molar-refractivity contribution in [2.75, 3.05) is 25.6 Å². The highest BCUT2D eigenvalue weighted by Crippen LogP contribution is 2.39. The summed E-state index contributed by atoms with van der Waals surface area (Å²) in [6, 6.07) is 14.0. The second-order valence-corrected chi connectivity index (χ2v) is 7.60. The van der Waals surface area contributed by atoms with Gasteiger partial charge in [0.1, 0.15) is 12.1 Å². The number of anilines is 1. The fraction of sp³-hybridized carbons (Fsp3) is 0.250. The van der Waals surface area contributed by atoms with Gasteiger partial charge < -0.3 is 14.8 Å². The Morgan fingerprint density at radius 3 is 2.72 bits per heavy atom. The molecule has 1 N–H and O–H groups in total. The highest BCUT2D eigenvalue weighted by molar-refractivity contribution is 6.01. The number of ether oxygens (including phenoxy) is 2. The Hall–Kier alpha value is -3.78. The van der Waals surface area contributed by atoms with Crippen molar-refractivity contribution in [3.05, 3.63) is 55.0 Å². The minimum atomic E-state index is -0.0937. The molecule has 5 rings (SSSR count). The van der Waals surface area contributed by atoms with E-state index >= 15 is 0 Å². The lowest BCUT2D eigenvalue weighted by Gasteiger charge is -2.28. The molecule has 0 bridgehead atoms. The zero-order valence-corrected chi connectivity index (χ0v) is 17.9. The Kier molecular flexibility index (Phi) is 5.28. The summed E-state index contributed by atoms with van der Waals surface area (Å²) in [4.78, 5) is 21.1. The van der Waals surface area contributed by atoms with Crippen LogP contribution in [0.2, 0.25) is 0 Å². The number of aromatic nitrogens is 4. The second kappa shape index (κ2) is 8.39. The van der Waals surface area contributed by atoms with E-state index in [0.29, 0.717) is 31.1 Å². The quantitative estimate of drug-likeness (QED) is 0.496. The van der Waals surface area contributed by atoms with Gasteiger partial charge in [-0.05, 0) is 6.07 Å². The smallest absolute Gasteiger partial charge is 0.224 e. The zero-order chi connectivity index (χ0) is 22.1. The van der Waals surface area contributed by atoms with Crippen molar-refractivity contribution in [3.8, 4) is 28.3 Å². The predicted octanol–water partition coefficient (Wildman–Crippen LogP) is 4.09. The van der Waals surface area contributed by atoms with Crippen LogP contribution in [0.3, 0.4) is 0 Å². The van der Waals surface area contributed by atoms with Gasteiger partial charge in [-0.1, -0.05) is 37.3 Å². The van der Waals surface area contributed by atoms with Crippen molar-refractivity contribution >= 4 is 22.5 Å². The minimum Gasteiger partial charge on any atom is -0.494 e. The first-order valence-electron chi connectivity index (χ1n) is 10.5. The van der Waals surface area contributed by atoms with Crippen molar-refractivity contribution in [2.45, 2.75) is 19.4 Å². The van der Waals surface area contributed by atoms with Crippen molar-refractivity contribution in [2.24, 2.45) is 0 Å². The maximum absolute atomic E-state index is 12.1. The number of nitrogens with zero attached hydrogens (tertiary/aromatic N) is 4. The van der Waals surface area contributed by atoms with Crippen LogP contribution in [0.1, 0.15) is 19.4 Å². The monoisotopic (exact) mass is 429 g/mol. The number of hydrogen-bond donors (Lipinski definition) is 1. The molecule has 2 aromatic heterocycles. The number of carbonyl (C=O) groups excluding carboxylic acids is 1. The molecule has 0 saturated carbocycles. The van der Waals surface area contributed by atoms with Crippen LogP contribution < -0.4 is 10.1 Å². The molecule has 162 valence electrons. The first kappa shape index (κ1) is 20.1. The van der Waals surface area contributed by atoms with Gasteiger partial charge in [0.15, 0.2) is 0 Å². The summed E-state index contributed by atoms with van der Waals surface area (Å²) in [5.74, 6) is 0.457. The highest BCUT2D eigenvalue weighted by Gasteiger charge is 2.27. The molecule has 1 saturated heterocycles. The van der Waals surface area contributed by atoms with Crippen molar-refractivity contribution in [3.63, 3.8) is 0 Å². The van der Waals surface area contributed by atoms with Gasteiger partial charge in [-0.15, -0.1) is 0 Å². The predicted molar refractivity (Wildman–Crippen MR) is 122 cm³/mol. The average molecular weight is 429 g/mol. The van der Waals surface area contributed by atoms with Crippen molar-refractivity contribution in [1.29, 1.82) is 0 Å². The maximum atomic E-state index is 12.1. The van der Waals surface area contributed by atoms with E-state index in [1.54, 1.807) is 13.4 Å². The number of nitrogens with one attached hydrogen (secondary N) is 1. The molecule has 2 aromatic carbocycles. The molecular formula is C24H23N5O3. The second-order valence-electron chi connectivity index (χ2n) is 7.60. The van der Waals surface area contributed by atoms with E-state index in [1.165, 1.54) is 0 Å². The molecule has 1 amide bonds. The highest BCUT2D eigenvalue weighted by atomic mass is 16.5. The first-order chi connectivity index (χ1) is 15.7. The third-order valence-corrected chi connectivity index (χ3v) is 5.62. The number of rotatable bonds is 6. The molecule has 0 unspecified atom stereocenters. The van der Waals surface area contributed by atoms with Crippen LogP contribution in [0, 0.1) is 0 Å². The summed E-state index contributed by atoms with van der Waals surface area (Å²) in [5, 5.41) is 8.42. The number of carbonyl (C=O) groups is 1. The van der Waals surface area contributed by atoms with Crippen molar-refractivity contribution in [1.82, 2.24) is 19.7 Å². The van der Waals surface area contributed by atoms with Gasteiger partial charge in [0, 0.05) is 29.0 Å². The van der Waals surface area contributed by atoms with Crippen LogP contribution in [0.4, 0.5) is 5.69 Å². The van der Waals surface area contributed by atoms with E-state index in [4.69, 9.17) is 14.6 Å². The van der Waals surface area contributed by atoms with Crippen LogP contribution in [-0.4, -0.2) is 46.0 Å². The SMILES string of the molecule is CCC(=O)Nc1cc2c(-c3cnn(C4COC4)c3-c3ccccc3)ncnc2cc1OC. The Bertz CT molecular complexity index is 1280. The lowest BCUT2D eigenvalue weighted by molar-refractivity contribution is -0.115. The molecule has 4 aromatic rings. The van der Waals surface area contributed by atoms with Crippen LogP contribution in [0.15, 0.2) is 55.0 Å². The fourth-order valence-electron chi connectivity index (χ4n) is 3.86. The van der Waals surface area contributed by atoms with Gasteiger partial charge in [-0.3, -0.25) is 9.48 Å². The fourth-order valence-corrected chi connectivity index (χ4v) is 3.86. The van der Waals surface area contributed by atoms with E-state index in [0.717, 1.165) is 33.4 Å². The maximum Gasteiger partial charge on any atom is 0.224 e. The lowest BCUT2D eigenvalue weighted by atomic mass is 10.0. The molecule has 0 radical (unpaired) electrons. The zero-order valence-electron chi connectivity index (χ0n) is 17.9. The number of fused-ring (bicyclic) bond motifs is 1. The van der Waals surface area contributed by atoms with Gasteiger partial charge >= 0.3 is 0 Å². The van der Waals surface area contributed by atoms with E-state index < -0.39 is 0 Å². The standard InChI is InChI=1S/C24H23N5O3/c1-3-22(30)28-20-9-17-19(10-21(20)31-2)25-14-26-23(17)18-11-27-29(16-12-32-13-16)24(18)15-7-5-4-6-8-15/h4-11,14,16H,3,12-13H2,1-2H3,(H,28,30). The van der Waals surface area contributed by atoms with E-state index in [9.17, 15) is 4.79 Å². The first-order valence-corrected chi connectivity index (χ1v) is 10.5. The van der Waals surface area contributed by atoms with E-state index in [-0.39, 0.29) is 11.9 Å². The van der Waals surface area contributed by atoms with Gasteiger partial charge in [-0.25, -0.2) is 9.97 Å². The molecule has 1 aliphatic rings. The average Bonchev–Trinajstić information content (AvgIpc) is 3.21. The Labute approximate surface area is 185 Å². The molecule has 1 aliphatic heterocycles. The lowest BCUT2D eigenvalue weighted by Crippen LogP contribution is -2.31. The minimum absolute atomic E-state index is 0.0937. The third kappa shape index (κ3) is 3.48. The molecule has 8 heteroatoms. The number of benzene rings is 2. The molecular weight excluding hydrogens is 406 g/mol. The number of methoxy groups -OCH3 is 1. The Morgan fingerprint density at radius 1 is 1.22 bits per heavy atom. The summed E-state index contributed by atoms with van der Waals surface area (Å²) in [6.45, 7) is 3.08. The molecule has 0 aliphatic carbocycles. The molecule has 32 heavy (non-hydrogen) atoms. The van der Waals surface area contributed by atoms with E-state index in [2.05, 4.69) is 27.4 Å². The summed E-state index contributed by atoms with van der Waals surface area (Å²) in [7, 11) is 1.57. The Morgan fingerprint density at radius 2 is 2.03 bits per heavy atom.